The minimum atomic E-state index is -0.393. The number of carbonyl (C=O) groups excluding carboxylic acids is 1. The molecule has 76 valence electrons. The molecule has 0 spiro atoms. The van der Waals surface area contributed by atoms with Gasteiger partial charge in [0.1, 0.15) is 5.60 Å². The molecule has 1 aliphatic rings. The Kier molecular flexibility index (Phi) is 3.40. The van der Waals surface area contributed by atoms with E-state index in [0.717, 1.165) is 13.1 Å². The van der Waals surface area contributed by atoms with E-state index < -0.39 is 5.60 Å². The second-order valence-corrected chi connectivity index (χ2v) is 5.62. The van der Waals surface area contributed by atoms with Crippen LogP contribution in [0.3, 0.4) is 0 Å². The molecule has 0 saturated carbocycles. The zero-order chi connectivity index (χ0) is 10.1. The van der Waals surface area contributed by atoms with Gasteiger partial charge in [-0.15, -0.1) is 11.7 Å². The summed E-state index contributed by atoms with van der Waals surface area (Å²) in [4.78, 5) is 13.1. The van der Waals surface area contributed by atoms with E-state index >= 15 is 0 Å². The molecule has 1 fully saturated rings. The van der Waals surface area contributed by atoms with Crippen LogP contribution in [0, 0.1) is 0 Å². The van der Waals surface area contributed by atoms with E-state index in [1.807, 2.05) is 20.8 Å². The zero-order valence-electron chi connectivity index (χ0n) is 8.11. The highest BCUT2D eigenvalue weighted by molar-refractivity contribution is 8.68. The molecule has 5 heteroatoms. The van der Waals surface area contributed by atoms with E-state index in [4.69, 9.17) is 4.74 Å². The van der Waals surface area contributed by atoms with Gasteiger partial charge in [0.2, 0.25) is 0 Å². The number of nitrogens with zero attached hydrogens (tertiary/aromatic N) is 1. The first kappa shape index (κ1) is 11.0. The summed E-state index contributed by atoms with van der Waals surface area (Å²) in [5.41, 5.74) is -0.393. The number of carbonyl (C=O) groups is 1. The number of hydrogen-bond acceptors (Lipinski definition) is 4. The van der Waals surface area contributed by atoms with Crippen LogP contribution in [-0.2, 0) is 4.74 Å². The van der Waals surface area contributed by atoms with E-state index in [-0.39, 0.29) is 6.09 Å². The summed E-state index contributed by atoms with van der Waals surface area (Å²) < 4.78 is 5.19. The number of thiol groups is 1. The van der Waals surface area contributed by atoms with Crippen LogP contribution >= 0.6 is 22.5 Å². The molecule has 0 bridgehead atoms. The van der Waals surface area contributed by atoms with Crippen molar-refractivity contribution >= 4 is 28.5 Å². The molecule has 0 unspecified atom stereocenters. The maximum absolute atomic E-state index is 11.4. The minimum Gasteiger partial charge on any atom is -0.444 e. The summed E-state index contributed by atoms with van der Waals surface area (Å²) in [6, 6.07) is 0. The Morgan fingerprint density at radius 2 is 2.08 bits per heavy atom. The quantitative estimate of drug-likeness (QED) is 0.543. The van der Waals surface area contributed by atoms with Gasteiger partial charge in [-0.3, -0.25) is 0 Å². The third kappa shape index (κ3) is 3.31. The molecule has 1 saturated heterocycles. The third-order valence-electron chi connectivity index (χ3n) is 1.65. The molecule has 0 aliphatic carbocycles. The Morgan fingerprint density at radius 3 is 2.46 bits per heavy atom. The first-order valence-corrected chi connectivity index (χ1v) is 6.14. The van der Waals surface area contributed by atoms with Crippen molar-refractivity contribution in [1.29, 1.82) is 0 Å². The van der Waals surface area contributed by atoms with Gasteiger partial charge < -0.3 is 9.64 Å². The van der Waals surface area contributed by atoms with Crippen LogP contribution in [0.1, 0.15) is 20.8 Å². The van der Waals surface area contributed by atoms with Crippen LogP contribution in [0.5, 0.6) is 0 Å². The first-order chi connectivity index (χ1) is 5.92. The van der Waals surface area contributed by atoms with Crippen molar-refractivity contribution < 1.29 is 9.53 Å². The largest absolute Gasteiger partial charge is 0.444 e. The van der Waals surface area contributed by atoms with Crippen molar-refractivity contribution in [2.24, 2.45) is 0 Å². The van der Waals surface area contributed by atoms with Gasteiger partial charge in [-0.2, -0.15) is 0 Å². The van der Waals surface area contributed by atoms with Gasteiger partial charge in [0.15, 0.2) is 0 Å². The zero-order valence-corrected chi connectivity index (χ0v) is 9.82. The minimum absolute atomic E-state index is 0.217. The molecule has 13 heavy (non-hydrogen) atoms. The van der Waals surface area contributed by atoms with Gasteiger partial charge >= 0.3 is 6.09 Å². The van der Waals surface area contributed by atoms with Crippen molar-refractivity contribution in [1.82, 2.24) is 4.90 Å². The normalized spacial score (nSPS) is 18.3. The third-order valence-corrected chi connectivity index (χ3v) is 3.14. The van der Waals surface area contributed by atoms with E-state index in [2.05, 4.69) is 11.7 Å². The average molecular weight is 221 g/mol. The lowest BCUT2D eigenvalue weighted by atomic mass is 10.2. The molecule has 0 aromatic rings. The fraction of sp³-hybridized carbons (Fsp3) is 0.875. The summed E-state index contributed by atoms with van der Waals surface area (Å²) in [6.07, 6.45) is -0.217. The summed E-state index contributed by atoms with van der Waals surface area (Å²) >= 11 is 4.08. The second-order valence-electron chi connectivity index (χ2n) is 4.11. The molecule has 1 aliphatic heterocycles. The summed E-state index contributed by atoms with van der Waals surface area (Å²) in [6.45, 7) is 7.12. The topological polar surface area (TPSA) is 29.5 Å². The fourth-order valence-electron chi connectivity index (χ4n) is 0.980. The Hall–Kier alpha value is -0.0300. The Bertz CT molecular complexity index is 197. The number of amides is 1. The molecule has 0 aromatic heterocycles. The van der Waals surface area contributed by atoms with Gasteiger partial charge in [0, 0.05) is 13.1 Å². The number of hydrogen-bond donors (Lipinski definition) is 1. The molecule has 1 amide bonds. The highest BCUT2D eigenvalue weighted by atomic mass is 33.1. The monoisotopic (exact) mass is 221 g/mol. The van der Waals surface area contributed by atoms with Crippen molar-refractivity contribution in [2.45, 2.75) is 31.6 Å². The Balaban J connectivity index is 2.27. The lowest BCUT2D eigenvalue weighted by Gasteiger charge is -2.38. The van der Waals surface area contributed by atoms with Crippen LogP contribution in [0.2, 0.25) is 0 Å². The summed E-state index contributed by atoms with van der Waals surface area (Å²) in [7, 11) is 1.50. The molecule has 1 heterocycles. The van der Waals surface area contributed by atoms with Gasteiger partial charge in [-0.25, -0.2) is 4.79 Å². The average Bonchev–Trinajstić information content (AvgIpc) is 1.79. The van der Waals surface area contributed by atoms with Crippen molar-refractivity contribution in [3.05, 3.63) is 0 Å². The van der Waals surface area contributed by atoms with Crippen LogP contribution in [0.4, 0.5) is 4.79 Å². The molecule has 0 aromatic carbocycles. The lowest BCUT2D eigenvalue weighted by Crippen LogP contribution is -2.53. The Morgan fingerprint density at radius 1 is 1.54 bits per heavy atom. The summed E-state index contributed by atoms with van der Waals surface area (Å²) in [5, 5.41) is 0.468. The molecular formula is C8H15NO2S2. The lowest BCUT2D eigenvalue weighted by molar-refractivity contribution is 0.0144. The van der Waals surface area contributed by atoms with Crippen LogP contribution < -0.4 is 0 Å². The van der Waals surface area contributed by atoms with Gasteiger partial charge in [0.25, 0.3) is 0 Å². The molecule has 0 N–H and O–H groups in total. The van der Waals surface area contributed by atoms with E-state index in [1.165, 1.54) is 10.8 Å². The highest BCUT2D eigenvalue weighted by Crippen LogP contribution is 2.26. The number of ether oxygens (including phenoxy) is 1. The predicted molar refractivity (Wildman–Crippen MR) is 58.2 cm³/mol. The van der Waals surface area contributed by atoms with Gasteiger partial charge in [0.05, 0.1) is 5.25 Å². The van der Waals surface area contributed by atoms with E-state index in [1.54, 1.807) is 4.90 Å². The molecular weight excluding hydrogens is 206 g/mol. The SMILES string of the molecule is CC(C)(C)OC(=O)N1CC(SS)C1. The second kappa shape index (κ2) is 4.00. The summed E-state index contributed by atoms with van der Waals surface area (Å²) in [5.74, 6) is 0. The number of likely N-dealkylation sites (tertiary alicyclic amines) is 1. The maximum atomic E-state index is 11.4. The van der Waals surface area contributed by atoms with Crippen LogP contribution in [0.15, 0.2) is 0 Å². The molecule has 0 radical (unpaired) electrons. The van der Waals surface area contributed by atoms with Gasteiger partial charge in [-0.1, -0.05) is 10.8 Å². The number of rotatable bonds is 1. The fourth-order valence-corrected chi connectivity index (χ4v) is 1.87. The maximum Gasteiger partial charge on any atom is 0.410 e. The van der Waals surface area contributed by atoms with Crippen molar-refractivity contribution in [2.75, 3.05) is 13.1 Å². The van der Waals surface area contributed by atoms with Crippen LogP contribution in [-0.4, -0.2) is 34.9 Å². The van der Waals surface area contributed by atoms with Gasteiger partial charge in [-0.05, 0) is 20.8 Å². The highest BCUT2D eigenvalue weighted by Gasteiger charge is 2.33. The van der Waals surface area contributed by atoms with Crippen LogP contribution in [0.25, 0.3) is 0 Å². The van der Waals surface area contributed by atoms with E-state index in [9.17, 15) is 4.79 Å². The molecule has 3 nitrogen and oxygen atoms in total. The molecule has 0 atom stereocenters. The van der Waals surface area contributed by atoms with Crippen molar-refractivity contribution in [3.8, 4) is 0 Å². The standard InChI is InChI=1S/C8H15NO2S2/c1-8(2,3)11-7(10)9-4-6(5-9)13-12/h6,12H,4-5H2,1-3H3. The first-order valence-electron chi connectivity index (χ1n) is 4.20. The van der Waals surface area contributed by atoms with E-state index in [0.29, 0.717) is 5.25 Å². The predicted octanol–water partition coefficient (Wildman–Crippen LogP) is 2.18. The molecule has 1 rings (SSSR count). The van der Waals surface area contributed by atoms with Crippen molar-refractivity contribution in [3.63, 3.8) is 0 Å². The Labute approximate surface area is 88.0 Å². The smallest absolute Gasteiger partial charge is 0.410 e.